The molecule has 344 valence electrons. The third kappa shape index (κ3) is 13.3. The normalized spacial score (nSPS) is 24.4. The van der Waals surface area contributed by atoms with Crippen molar-refractivity contribution in [2.45, 2.75) is 101 Å². The van der Waals surface area contributed by atoms with Crippen molar-refractivity contribution in [1.82, 2.24) is 20.9 Å². The molecule has 60 heavy (non-hydrogen) atoms. The Bertz CT molecular complexity index is 1490. The molecule has 6 rings (SSSR count). The first-order valence-electron chi connectivity index (χ1n) is 19.2. The lowest BCUT2D eigenvalue weighted by Gasteiger charge is -2.33. The summed E-state index contributed by atoms with van der Waals surface area (Å²) in [7, 11) is 0. The number of ether oxygens (including phenoxy) is 3. The van der Waals surface area contributed by atoms with Crippen molar-refractivity contribution in [3.63, 3.8) is 0 Å². The molecule has 2 spiro atoms. The molecular weight excluding hydrogens is 848 g/mol. The summed E-state index contributed by atoms with van der Waals surface area (Å²) in [6, 6.07) is 0. The summed E-state index contributed by atoms with van der Waals surface area (Å²) in [5.41, 5.74) is -0.310. The zero-order valence-corrected chi connectivity index (χ0v) is 31.9. The minimum atomic E-state index is -5.78. The van der Waals surface area contributed by atoms with Crippen molar-refractivity contribution in [2.24, 2.45) is 34.5 Å². The Morgan fingerprint density at radius 3 is 1.30 bits per heavy atom. The Kier molecular flexibility index (Phi) is 15.8. The Hall–Kier alpha value is -3.45. The van der Waals surface area contributed by atoms with E-state index in [0.717, 1.165) is 50.1 Å². The molecule has 0 aromatic heterocycles. The minimum absolute atomic E-state index is 0.0413. The van der Waals surface area contributed by atoms with Crippen LogP contribution in [0.4, 0.5) is 57.5 Å². The number of amides is 5. The van der Waals surface area contributed by atoms with Crippen LogP contribution in [-0.4, -0.2) is 129 Å². The largest absolute Gasteiger partial charge is 0.434 e. The van der Waals surface area contributed by atoms with Gasteiger partial charge in [0.15, 0.2) is 0 Å². The van der Waals surface area contributed by atoms with E-state index in [0.29, 0.717) is 45.7 Å². The first-order valence-corrected chi connectivity index (χ1v) is 19.2. The topological polar surface area (TPSA) is 173 Å². The van der Waals surface area contributed by atoms with Crippen LogP contribution >= 0.6 is 0 Å². The lowest BCUT2D eigenvalue weighted by atomic mass is 9.90. The monoisotopic (exact) mass is 894 g/mol. The van der Waals surface area contributed by atoms with Gasteiger partial charge in [0, 0.05) is 63.2 Å². The molecule has 2 aliphatic carbocycles. The van der Waals surface area contributed by atoms with Crippen LogP contribution in [0.25, 0.3) is 0 Å². The average Bonchev–Trinajstić information content (AvgIpc) is 4.08. The van der Waals surface area contributed by atoms with Crippen LogP contribution in [0.5, 0.6) is 0 Å². The van der Waals surface area contributed by atoms with Crippen molar-refractivity contribution in [1.29, 1.82) is 0 Å². The van der Waals surface area contributed by atoms with Gasteiger partial charge in [-0.25, -0.2) is 4.79 Å². The maximum absolute atomic E-state index is 12.6. The number of aliphatic hydroxyl groups is 1. The molecule has 4 N–H and O–H groups in total. The number of nitrogens with one attached hydrogen (secondary N) is 3. The predicted octanol–water partition coefficient (Wildman–Crippen LogP) is 4.71. The van der Waals surface area contributed by atoms with Gasteiger partial charge >= 0.3 is 30.8 Å². The van der Waals surface area contributed by atoms with Crippen molar-refractivity contribution in [2.75, 3.05) is 52.6 Å². The molecule has 2 saturated carbocycles. The summed E-state index contributed by atoms with van der Waals surface area (Å²) >= 11 is 0. The highest BCUT2D eigenvalue weighted by Crippen LogP contribution is 2.60. The number of halogens is 12. The van der Waals surface area contributed by atoms with E-state index in [1.807, 2.05) is 0 Å². The highest BCUT2D eigenvalue weighted by Gasteiger charge is 2.62. The van der Waals surface area contributed by atoms with Crippen LogP contribution in [0.2, 0.25) is 0 Å². The zero-order chi connectivity index (χ0) is 44.9. The van der Waals surface area contributed by atoms with Crippen LogP contribution in [0.1, 0.15) is 64.2 Å². The molecule has 6 fully saturated rings. The lowest BCUT2D eigenvalue weighted by molar-refractivity contribution is -0.309. The number of aliphatic hydroxyl groups excluding tert-OH is 1. The van der Waals surface area contributed by atoms with E-state index < -0.39 is 60.2 Å². The molecule has 25 heteroatoms. The second-order valence-electron chi connectivity index (χ2n) is 15.8. The standard InChI is InChI=1S/C18H22F6N2O5.C14H22N2O3.C3H2F6O/c19-17(20,21)14(18(22,23)24)31-15(29)26-5-3-16(4-6-26)9-11(16)13(28)25-12(27)10-1-7-30-8-2-10;17-12(10-1-7-19-8-2-10)16-13(18)11-9-14(11)3-5-15-6-4-14;4-2(5,6)1(10)3(7,8)9/h10-11,14H,1-9H2,(H,25,27,28);10-11,15H,1-9H2,(H,16,17,18);1,10H. The number of likely N-dealkylation sites (tertiary alicyclic amines) is 1. The van der Waals surface area contributed by atoms with Crippen molar-refractivity contribution >= 4 is 29.7 Å². The van der Waals surface area contributed by atoms with Gasteiger partial charge in [-0.2, -0.15) is 52.7 Å². The second kappa shape index (κ2) is 19.3. The first kappa shape index (κ1) is 49.2. The molecule has 0 bridgehead atoms. The van der Waals surface area contributed by atoms with Gasteiger partial charge in [0.05, 0.1) is 0 Å². The maximum atomic E-state index is 12.6. The number of alkyl halides is 12. The van der Waals surface area contributed by atoms with Gasteiger partial charge in [-0.15, -0.1) is 0 Å². The van der Waals surface area contributed by atoms with E-state index >= 15 is 0 Å². The van der Waals surface area contributed by atoms with Gasteiger partial charge in [0.1, 0.15) is 0 Å². The fraction of sp³-hybridized carbons (Fsp3) is 0.857. The molecule has 6 aliphatic rings. The van der Waals surface area contributed by atoms with Gasteiger partial charge in [-0.3, -0.25) is 29.8 Å². The molecule has 13 nitrogen and oxygen atoms in total. The van der Waals surface area contributed by atoms with Crippen LogP contribution in [0.3, 0.4) is 0 Å². The van der Waals surface area contributed by atoms with E-state index in [1.54, 1.807) is 0 Å². The van der Waals surface area contributed by atoms with Crippen LogP contribution in [0, 0.1) is 34.5 Å². The highest BCUT2D eigenvalue weighted by atomic mass is 19.4. The van der Waals surface area contributed by atoms with Gasteiger partial charge in [-0.1, -0.05) is 0 Å². The van der Waals surface area contributed by atoms with Crippen LogP contribution in [-0.2, 0) is 33.4 Å². The zero-order valence-electron chi connectivity index (χ0n) is 31.9. The second-order valence-corrected chi connectivity index (χ2v) is 15.8. The number of imide groups is 2. The molecule has 5 amide bonds. The molecule has 2 atom stereocenters. The van der Waals surface area contributed by atoms with Crippen molar-refractivity contribution in [3.8, 4) is 0 Å². The number of rotatable bonds is 5. The van der Waals surface area contributed by atoms with Gasteiger partial charge in [0.25, 0.3) is 6.10 Å². The summed E-state index contributed by atoms with van der Waals surface area (Å²) in [6.45, 7) is 3.86. The summed E-state index contributed by atoms with van der Waals surface area (Å²) in [6.07, 6.45) is -26.5. The van der Waals surface area contributed by atoms with E-state index in [9.17, 15) is 76.7 Å². The summed E-state index contributed by atoms with van der Waals surface area (Å²) in [5.74, 6) is -1.71. The summed E-state index contributed by atoms with van der Waals surface area (Å²) in [5, 5.41) is 15.8. The lowest BCUT2D eigenvalue weighted by Crippen LogP contribution is -2.49. The molecule has 4 saturated heterocycles. The highest BCUT2D eigenvalue weighted by molar-refractivity contribution is 5.99. The van der Waals surface area contributed by atoms with Gasteiger partial charge < -0.3 is 29.5 Å². The maximum Gasteiger partial charge on any atom is 0.434 e. The Labute approximate surface area is 334 Å². The first-order chi connectivity index (χ1) is 27.7. The number of carbonyl (C=O) groups excluding carboxylic acids is 5. The van der Waals surface area contributed by atoms with E-state index in [1.165, 1.54) is 0 Å². The Balaban J connectivity index is 0.000000231. The SMILES string of the molecule is O=C(NC(=O)C1CC12CCN(C(=O)OC(C(F)(F)F)C(F)(F)F)CC2)C1CCOCC1.O=C(NC(=O)C1CC12CCNCC2)C1CCOCC1.OC(C(F)(F)F)C(F)(F)F. The van der Waals surface area contributed by atoms with Crippen LogP contribution < -0.4 is 16.0 Å². The number of nitrogens with zero attached hydrogens (tertiary/aromatic N) is 1. The summed E-state index contributed by atoms with van der Waals surface area (Å²) in [4.78, 5) is 61.3. The quantitative estimate of drug-likeness (QED) is 0.224. The van der Waals surface area contributed by atoms with E-state index in [4.69, 9.17) is 14.6 Å². The average molecular weight is 895 g/mol. The molecule has 4 heterocycles. The fourth-order valence-electron chi connectivity index (χ4n) is 7.82. The number of hydrogen-bond acceptors (Lipinski definition) is 10. The molecule has 0 aromatic rings. The third-order valence-electron chi connectivity index (χ3n) is 11.7. The summed E-state index contributed by atoms with van der Waals surface area (Å²) < 4.78 is 155. The molecular formula is C35H46F12N4O9. The smallest absolute Gasteiger partial charge is 0.426 e. The predicted molar refractivity (Wildman–Crippen MR) is 178 cm³/mol. The van der Waals surface area contributed by atoms with Gasteiger partial charge in [-0.05, 0) is 88.1 Å². The van der Waals surface area contributed by atoms with Crippen molar-refractivity contribution < 1.29 is 96.0 Å². The fourth-order valence-corrected chi connectivity index (χ4v) is 7.82. The molecule has 2 unspecified atom stereocenters. The molecule has 4 aliphatic heterocycles. The number of piperidine rings is 2. The third-order valence-corrected chi connectivity index (χ3v) is 11.7. The molecule has 0 aromatic carbocycles. The van der Waals surface area contributed by atoms with E-state index in [2.05, 4.69) is 20.7 Å². The minimum Gasteiger partial charge on any atom is -0.426 e. The van der Waals surface area contributed by atoms with Gasteiger partial charge in [0.2, 0.25) is 29.7 Å². The Morgan fingerprint density at radius 2 is 0.967 bits per heavy atom. The van der Waals surface area contributed by atoms with Crippen molar-refractivity contribution in [3.05, 3.63) is 0 Å². The van der Waals surface area contributed by atoms with Crippen LogP contribution in [0.15, 0.2) is 0 Å². The molecule has 0 radical (unpaired) electrons. The number of hydrogen-bond donors (Lipinski definition) is 4. The Morgan fingerprint density at radius 1 is 0.600 bits per heavy atom. The number of carbonyl (C=O) groups is 5. The van der Waals surface area contributed by atoms with E-state index in [-0.39, 0.29) is 66.8 Å².